The van der Waals surface area contributed by atoms with Gasteiger partial charge in [0.2, 0.25) is 5.91 Å². The number of carbonyl (C=O) groups excluding carboxylic acids is 1. The first-order valence-corrected chi connectivity index (χ1v) is 5.12. The molecule has 0 atom stereocenters. The van der Waals surface area contributed by atoms with Crippen LogP contribution in [-0.4, -0.2) is 11.8 Å². The lowest BCUT2D eigenvalue weighted by molar-refractivity contribution is 0.0999. The van der Waals surface area contributed by atoms with Gasteiger partial charge < -0.3 is 5.73 Å². The number of hydrogen-bond donors (Lipinski definition) is 1. The number of rotatable bonds is 3. The molecule has 0 fully saturated rings. The van der Waals surface area contributed by atoms with E-state index in [1.807, 2.05) is 12.1 Å². The van der Waals surface area contributed by atoms with Gasteiger partial charge in [-0.25, -0.2) is 0 Å². The summed E-state index contributed by atoms with van der Waals surface area (Å²) in [4.78, 5) is 10.9. The molecule has 0 radical (unpaired) electrons. The van der Waals surface area contributed by atoms with Crippen molar-refractivity contribution in [3.8, 4) is 0 Å². The standard InChI is InChI=1S/C9H9BrClNO/c10-8-2-1-6(3-4-11)5-7(8)9(12)13/h1-2,5H,3-4H2,(H2,12,13). The van der Waals surface area contributed by atoms with Crippen LogP contribution in [0, 0.1) is 0 Å². The van der Waals surface area contributed by atoms with E-state index in [2.05, 4.69) is 15.9 Å². The largest absolute Gasteiger partial charge is 0.366 e. The number of aryl methyl sites for hydroxylation is 1. The Labute approximate surface area is 90.2 Å². The summed E-state index contributed by atoms with van der Waals surface area (Å²) in [6, 6.07) is 5.48. The predicted octanol–water partition coefficient (Wildman–Crippen LogP) is 2.33. The van der Waals surface area contributed by atoms with E-state index in [1.54, 1.807) is 6.07 Å². The number of alkyl halides is 1. The highest BCUT2D eigenvalue weighted by Gasteiger charge is 2.06. The first kappa shape index (κ1) is 10.5. The zero-order chi connectivity index (χ0) is 9.84. The van der Waals surface area contributed by atoms with Crippen molar-refractivity contribution in [2.45, 2.75) is 6.42 Å². The maximum Gasteiger partial charge on any atom is 0.249 e. The summed E-state index contributed by atoms with van der Waals surface area (Å²) in [6.45, 7) is 0. The number of primary amides is 1. The van der Waals surface area contributed by atoms with E-state index in [9.17, 15) is 4.79 Å². The summed E-state index contributed by atoms with van der Waals surface area (Å²) in [5, 5.41) is 0. The minimum Gasteiger partial charge on any atom is -0.366 e. The van der Waals surface area contributed by atoms with E-state index < -0.39 is 5.91 Å². The van der Waals surface area contributed by atoms with Crippen LogP contribution in [-0.2, 0) is 6.42 Å². The molecule has 0 aliphatic carbocycles. The lowest BCUT2D eigenvalue weighted by atomic mass is 10.1. The fourth-order valence-electron chi connectivity index (χ4n) is 1.03. The van der Waals surface area contributed by atoms with E-state index in [-0.39, 0.29) is 0 Å². The normalized spacial score (nSPS) is 10.0. The fraction of sp³-hybridized carbons (Fsp3) is 0.222. The number of hydrogen-bond acceptors (Lipinski definition) is 1. The SMILES string of the molecule is NC(=O)c1cc(CCCl)ccc1Br. The maximum atomic E-state index is 10.9. The van der Waals surface area contributed by atoms with Gasteiger partial charge in [-0.05, 0) is 40.0 Å². The Morgan fingerprint density at radius 1 is 1.54 bits per heavy atom. The zero-order valence-electron chi connectivity index (χ0n) is 6.89. The van der Waals surface area contributed by atoms with E-state index in [0.717, 1.165) is 16.5 Å². The molecule has 2 N–H and O–H groups in total. The fourth-order valence-corrected chi connectivity index (χ4v) is 1.69. The van der Waals surface area contributed by atoms with Gasteiger partial charge in [0.25, 0.3) is 0 Å². The van der Waals surface area contributed by atoms with Crippen LogP contribution in [0.1, 0.15) is 15.9 Å². The molecule has 70 valence electrons. The topological polar surface area (TPSA) is 43.1 Å². The zero-order valence-corrected chi connectivity index (χ0v) is 9.23. The molecule has 1 aromatic rings. The van der Waals surface area contributed by atoms with Crippen molar-refractivity contribution < 1.29 is 4.79 Å². The van der Waals surface area contributed by atoms with Gasteiger partial charge in [-0.1, -0.05) is 6.07 Å². The summed E-state index contributed by atoms with van der Waals surface area (Å²) >= 11 is 8.83. The average molecular weight is 263 g/mol. The highest BCUT2D eigenvalue weighted by atomic mass is 79.9. The van der Waals surface area contributed by atoms with Crippen LogP contribution in [0.5, 0.6) is 0 Å². The van der Waals surface area contributed by atoms with Crippen LogP contribution in [0.4, 0.5) is 0 Å². The second-order valence-corrected chi connectivity index (χ2v) is 3.85. The second kappa shape index (κ2) is 4.63. The van der Waals surface area contributed by atoms with Gasteiger partial charge in [-0.2, -0.15) is 0 Å². The number of benzene rings is 1. The smallest absolute Gasteiger partial charge is 0.249 e. The summed E-state index contributed by atoms with van der Waals surface area (Å²) in [7, 11) is 0. The van der Waals surface area contributed by atoms with Gasteiger partial charge in [0.15, 0.2) is 0 Å². The minimum absolute atomic E-state index is 0.428. The van der Waals surface area contributed by atoms with Crippen molar-refractivity contribution in [1.82, 2.24) is 0 Å². The first-order chi connectivity index (χ1) is 6.15. The summed E-state index contributed by atoms with van der Waals surface area (Å²) in [6.07, 6.45) is 0.745. The molecule has 0 saturated carbocycles. The molecule has 0 aromatic heterocycles. The molecular weight excluding hydrogens is 253 g/mol. The van der Waals surface area contributed by atoms with Crippen molar-refractivity contribution in [3.05, 3.63) is 33.8 Å². The Bertz CT molecular complexity index is 327. The van der Waals surface area contributed by atoms with Gasteiger partial charge >= 0.3 is 0 Å². The molecule has 0 aliphatic heterocycles. The molecule has 13 heavy (non-hydrogen) atoms. The lowest BCUT2D eigenvalue weighted by Crippen LogP contribution is -2.12. The van der Waals surface area contributed by atoms with Gasteiger partial charge in [-0.3, -0.25) is 4.79 Å². The molecule has 1 rings (SSSR count). The van der Waals surface area contributed by atoms with Crippen LogP contribution in [0.2, 0.25) is 0 Å². The molecule has 0 aliphatic rings. The van der Waals surface area contributed by atoms with Crippen molar-refractivity contribution in [2.24, 2.45) is 5.73 Å². The molecule has 4 heteroatoms. The maximum absolute atomic E-state index is 10.9. The lowest BCUT2D eigenvalue weighted by Gasteiger charge is -2.02. The molecule has 2 nitrogen and oxygen atoms in total. The van der Waals surface area contributed by atoms with Crippen LogP contribution >= 0.6 is 27.5 Å². The molecule has 0 unspecified atom stereocenters. The highest BCUT2D eigenvalue weighted by Crippen LogP contribution is 2.18. The number of carbonyl (C=O) groups is 1. The Balaban J connectivity index is 3.04. The molecule has 1 aromatic carbocycles. The van der Waals surface area contributed by atoms with E-state index in [1.165, 1.54) is 0 Å². The van der Waals surface area contributed by atoms with Crippen molar-refractivity contribution in [3.63, 3.8) is 0 Å². The third kappa shape index (κ3) is 2.71. The third-order valence-corrected chi connectivity index (χ3v) is 2.56. The summed E-state index contributed by atoms with van der Waals surface area (Å²) in [5.74, 6) is 0.114. The van der Waals surface area contributed by atoms with Crippen LogP contribution in [0.3, 0.4) is 0 Å². The quantitative estimate of drug-likeness (QED) is 0.835. The monoisotopic (exact) mass is 261 g/mol. The Hall–Kier alpha value is -0.540. The molecule has 1 amide bonds. The Kier molecular flexibility index (Phi) is 3.75. The molecular formula is C9H9BrClNO. The van der Waals surface area contributed by atoms with Crippen LogP contribution in [0.25, 0.3) is 0 Å². The third-order valence-electron chi connectivity index (χ3n) is 1.68. The van der Waals surface area contributed by atoms with Gasteiger partial charge in [0.05, 0.1) is 5.56 Å². The van der Waals surface area contributed by atoms with Crippen molar-refractivity contribution in [1.29, 1.82) is 0 Å². The number of nitrogens with two attached hydrogens (primary N) is 1. The molecule has 0 saturated heterocycles. The Morgan fingerprint density at radius 3 is 2.77 bits per heavy atom. The number of amides is 1. The molecule has 0 spiro atoms. The van der Waals surface area contributed by atoms with Gasteiger partial charge in [0.1, 0.15) is 0 Å². The van der Waals surface area contributed by atoms with Crippen molar-refractivity contribution in [2.75, 3.05) is 5.88 Å². The van der Waals surface area contributed by atoms with Crippen LogP contribution in [0.15, 0.2) is 22.7 Å². The minimum atomic E-state index is -0.428. The summed E-state index contributed by atoms with van der Waals surface area (Å²) in [5.41, 5.74) is 6.70. The molecule has 0 heterocycles. The Morgan fingerprint density at radius 2 is 2.23 bits per heavy atom. The predicted molar refractivity (Wildman–Crippen MR) is 57.1 cm³/mol. The molecule has 0 bridgehead atoms. The highest BCUT2D eigenvalue weighted by molar-refractivity contribution is 9.10. The average Bonchev–Trinajstić information content (AvgIpc) is 2.08. The first-order valence-electron chi connectivity index (χ1n) is 3.79. The number of halogens is 2. The van der Waals surface area contributed by atoms with E-state index >= 15 is 0 Å². The van der Waals surface area contributed by atoms with Crippen LogP contribution < -0.4 is 5.73 Å². The van der Waals surface area contributed by atoms with Gasteiger partial charge in [-0.15, -0.1) is 11.6 Å². The summed E-state index contributed by atoms with van der Waals surface area (Å²) < 4.78 is 0.721. The van der Waals surface area contributed by atoms with Gasteiger partial charge in [0, 0.05) is 10.4 Å². The van der Waals surface area contributed by atoms with E-state index in [4.69, 9.17) is 17.3 Å². The second-order valence-electron chi connectivity index (χ2n) is 2.62. The van der Waals surface area contributed by atoms with Crippen molar-refractivity contribution >= 4 is 33.4 Å². The van der Waals surface area contributed by atoms with E-state index in [0.29, 0.717) is 11.4 Å².